The molecule has 1 aliphatic rings. The highest BCUT2D eigenvalue weighted by molar-refractivity contribution is 5.49. The molecule has 2 rings (SSSR count). The van der Waals surface area contributed by atoms with Crippen molar-refractivity contribution in [2.24, 2.45) is 5.92 Å². The van der Waals surface area contributed by atoms with E-state index in [4.69, 9.17) is 4.74 Å². The van der Waals surface area contributed by atoms with E-state index in [1.54, 1.807) is 0 Å². The molecule has 0 aromatic heterocycles. The molecule has 0 spiro atoms. The molecule has 1 heterocycles. The van der Waals surface area contributed by atoms with E-state index in [0.29, 0.717) is 17.9 Å². The van der Waals surface area contributed by atoms with Crippen molar-refractivity contribution in [2.45, 2.75) is 19.0 Å². The minimum absolute atomic E-state index is 0.129. The second-order valence-corrected chi connectivity index (χ2v) is 4.75. The van der Waals surface area contributed by atoms with Crippen LogP contribution in [0, 0.1) is 5.92 Å². The van der Waals surface area contributed by atoms with Gasteiger partial charge in [0.2, 0.25) is 0 Å². The predicted octanol–water partition coefficient (Wildman–Crippen LogP) is 2.57. The van der Waals surface area contributed by atoms with Gasteiger partial charge in [0, 0.05) is 0 Å². The van der Waals surface area contributed by atoms with Crippen LogP contribution in [0.5, 0.6) is 11.5 Å². The molecule has 19 heavy (non-hydrogen) atoms. The van der Waals surface area contributed by atoms with Gasteiger partial charge in [-0.05, 0) is 49.5 Å². The number of hydrogen-bond donors (Lipinski definition) is 2. The third-order valence-corrected chi connectivity index (χ3v) is 3.35. The summed E-state index contributed by atoms with van der Waals surface area (Å²) in [6, 6.07) is 2.49. The lowest BCUT2D eigenvalue weighted by molar-refractivity contribution is -0.138. The number of halogens is 3. The first-order chi connectivity index (χ1) is 8.91. The summed E-state index contributed by atoms with van der Waals surface area (Å²) in [5, 5.41) is 12.7. The number of methoxy groups -OCH3 is 1. The average molecular weight is 275 g/mol. The highest BCUT2D eigenvalue weighted by atomic mass is 19.4. The number of phenols is 1. The zero-order valence-electron chi connectivity index (χ0n) is 10.5. The Balaban J connectivity index is 2.33. The summed E-state index contributed by atoms with van der Waals surface area (Å²) >= 11 is 0. The standard InChI is InChI=1S/C13H16F3NO2/c1-19-11-6-9(4-8-2-3-17-7-8)5-10(12(11)18)13(14,15)16/h5-6,8,17-18H,2-4,7H2,1H3. The van der Waals surface area contributed by atoms with Gasteiger partial charge >= 0.3 is 6.18 Å². The Morgan fingerprint density at radius 2 is 2.16 bits per heavy atom. The van der Waals surface area contributed by atoms with Crippen molar-refractivity contribution in [3.63, 3.8) is 0 Å². The Labute approximate surface area is 109 Å². The highest BCUT2D eigenvalue weighted by Gasteiger charge is 2.36. The zero-order valence-corrected chi connectivity index (χ0v) is 10.5. The van der Waals surface area contributed by atoms with Crippen molar-refractivity contribution in [2.75, 3.05) is 20.2 Å². The van der Waals surface area contributed by atoms with Gasteiger partial charge in [0.05, 0.1) is 7.11 Å². The number of phenolic OH excluding ortho intramolecular Hbond substituents is 1. The lowest BCUT2D eigenvalue weighted by Crippen LogP contribution is -2.12. The summed E-state index contributed by atoms with van der Waals surface area (Å²) in [5.41, 5.74) is -0.497. The number of ether oxygens (including phenoxy) is 1. The largest absolute Gasteiger partial charge is 0.504 e. The zero-order chi connectivity index (χ0) is 14.0. The first-order valence-corrected chi connectivity index (χ1v) is 6.09. The monoisotopic (exact) mass is 275 g/mol. The summed E-state index contributed by atoms with van der Waals surface area (Å²) in [6.07, 6.45) is -3.08. The van der Waals surface area contributed by atoms with Crippen LogP contribution in [0.2, 0.25) is 0 Å². The quantitative estimate of drug-likeness (QED) is 0.891. The third-order valence-electron chi connectivity index (χ3n) is 3.35. The smallest absolute Gasteiger partial charge is 0.420 e. The maximum atomic E-state index is 12.8. The lowest BCUT2D eigenvalue weighted by atomic mass is 9.96. The molecular formula is C13H16F3NO2. The summed E-state index contributed by atoms with van der Waals surface area (Å²) in [5.74, 6) is -0.644. The van der Waals surface area contributed by atoms with Crippen LogP contribution in [0.3, 0.4) is 0 Å². The Morgan fingerprint density at radius 1 is 1.42 bits per heavy atom. The molecule has 3 nitrogen and oxygen atoms in total. The molecule has 0 radical (unpaired) electrons. The molecular weight excluding hydrogens is 259 g/mol. The number of alkyl halides is 3. The van der Waals surface area contributed by atoms with Gasteiger partial charge in [-0.2, -0.15) is 13.2 Å². The fourth-order valence-electron chi connectivity index (χ4n) is 2.38. The first-order valence-electron chi connectivity index (χ1n) is 6.09. The highest BCUT2D eigenvalue weighted by Crippen LogP contribution is 2.42. The van der Waals surface area contributed by atoms with E-state index >= 15 is 0 Å². The van der Waals surface area contributed by atoms with E-state index in [1.807, 2.05) is 0 Å². The molecule has 1 fully saturated rings. The van der Waals surface area contributed by atoms with Gasteiger partial charge in [0.15, 0.2) is 11.5 Å². The van der Waals surface area contributed by atoms with Gasteiger partial charge in [-0.15, -0.1) is 0 Å². The molecule has 0 aliphatic carbocycles. The first kappa shape index (κ1) is 14.0. The molecule has 106 valence electrons. The molecule has 0 amide bonds. The van der Waals surface area contributed by atoms with Crippen molar-refractivity contribution in [1.82, 2.24) is 5.32 Å². The fourth-order valence-corrected chi connectivity index (χ4v) is 2.38. The molecule has 1 aromatic rings. The Bertz CT molecular complexity index is 454. The van der Waals surface area contributed by atoms with Crippen LogP contribution in [0.4, 0.5) is 13.2 Å². The van der Waals surface area contributed by atoms with E-state index in [9.17, 15) is 18.3 Å². The number of aromatic hydroxyl groups is 1. The van der Waals surface area contributed by atoms with Gasteiger partial charge in [-0.1, -0.05) is 0 Å². The summed E-state index contributed by atoms with van der Waals surface area (Å²) < 4.78 is 43.3. The molecule has 2 N–H and O–H groups in total. The fraction of sp³-hybridized carbons (Fsp3) is 0.538. The maximum Gasteiger partial charge on any atom is 0.420 e. The van der Waals surface area contributed by atoms with Crippen molar-refractivity contribution < 1.29 is 23.0 Å². The number of hydrogen-bond acceptors (Lipinski definition) is 3. The van der Waals surface area contributed by atoms with Crippen LogP contribution in [-0.4, -0.2) is 25.3 Å². The van der Waals surface area contributed by atoms with Crippen LogP contribution in [0.15, 0.2) is 12.1 Å². The molecule has 1 saturated heterocycles. The van der Waals surface area contributed by atoms with Crippen LogP contribution < -0.4 is 10.1 Å². The van der Waals surface area contributed by atoms with E-state index < -0.39 is 17.5 Å². The van der Waals surface area contributed by atoms with E-state index in [0.717, 1.165) is 25.6 Å². The Kier molecular flexibility index (Phi) is 3.89. The Morgan fingerprint density at radius 3 is 2.68 bits per heavy atom. The molecule has 6 heteroatoms. The number of benzene rings is 1. The van der Waals surface area contributed by atoms with E-state index in [1.165, 1.54) is 13.2 Å². The van der Waals surface area contributed by atoms with Crippen LogP contribution in [-0.2, 0) is 12.6 Å². The molecule has 1 aromatic carbocycles. The van der Waals surface area contributed by atoms with Gasteiger partial charge in [-0.25, -0.2) is 0 Å². The second-order valence-electron chi connectivity index (χ2n) is 4.75. The maximum absolute atomic E-state index is 12.8. The van der Waals surface area contributed by atoms with Gasteiger partial charge in [0.1, 0.15) is 5.56 Å². The van der Waals surface area contributed by atoms with E-state index in [-0.39, 0.29) is 5.75 Å². The molecule has 0 saturated carbocycles. The van der Waals surface area contributed by atoms with Crippen LogP contribution in [0.25, 0.3) is 0 Å². The minimum atomic E-state index is -4.58. The summed E-state index contributed by atoms with van der Waals surface area (Å²) in [4.78, 5) is 0. The van der Waals surface area contributed by atoms with E-state index in [2.05, 4.69) is 5.32 Å². The van der Waals surface area contributed by atoms with Crippen molar-refractivity contribution in [1.29, 1.82) is 0 Å². The van der Waals surface area contributed by atoms with Crippen molar-refractivity contribution in [3.05, 3.63) is 23.3 Å². The summed E-state index contributed by atoms with van der Waals surface area (Å²) in [7, 11) is 1.25. The minimum Gasteiger partial charge on any atom is -0.504 e. The molecule has 1 atom stereocenters. The SMILES string of the molecule is COc1cc(CC2CCNC2)cc(C(F)(F)F)c1O. The topological polar surface area (TPSA) is 41.5 Å². The normalized spacial score (nSPS) is 19.7. The van der Waals surface area contributed by atoms with Crippen LogP contribution in [0.1, 0.15) is 17.5 Å². The van der Waals surface area contributed by atoms with Gasteiger partial charge in [-0.3, -0.25) is 0 Å². The lowest BCUT2D eigenvalue weighted by Gasteiger charge is -2.16. The average Bonchev–Trinajstić information content (AvgIpc) is 2.82. The predicted molar refractivity (Wildman–Crippen MR) is 64.3 cm³/mol. The number of nitrogens with one attached hydrogen (secondary N) is 1. The third kappa shape index (κ3) is 3.12. The Hall–Kier alpha value is -1.43. The number of rotatable bonds is 3. The molecule has 1 unspecified atom stereocenters. The molecule has 0 bridgehead atoms. The second kappa shape index (κ2) is 5.28. The summed E-state index contributed by atoms with van der Waals surface area (Å²) in [6.45, 7) is 1.70. The molecule has 1 aliphatic heterocycles. The van der Waals surface area contributed by atoms with Crippen molar-refractivity contribution in [3.8, 4) is 11.5 Å². The van der Waals surface area contributed by atoms with Crippen molar-refractivity contribution >= 4 is 0 Å². The van der Waals surface area contributed by atoms with Gasteiger partial charge in [0.25, 0.3) is 0 Å². The van der Waals surface area contributed by atoms with Crippen LogP contribution >= 0.6 is 0 Å². The van der Waals surface area contributed by atoms with Gasteiger partial charge < -0.3 is 15.2 Å².